The summed E-state index contributed by atoms with van der Waals surface area (Å²) in [5.41, 5.74) is 0.357. The molecule has 8 heteroatoms. The molecule has 0 saturated heterocycles. The lowest BCUT2D eigenvalue weighted by atomic mass is 10.2. The fourth-order valence-electron chi connectivity index (χ4n) is 2.79. The molecule has 0 radical (unpaired) electrons. The van der Waals surface area contributed by atoms with Crippen LogP contribution in [-0.4, -0.2) is 24.8 Å². The van der Waals surface area contributed by atoms with Gasteiger partial charge in [0.1, 0.15) is 22.9 Å². The van der Waals surface area contributed by atoms with Gasteiger partial charge in [0.2, 0.25) is 0 Å². The molecule has 0 bridgehead atoms. The zero-order valence-corrected chi connectivity index (χ0v) is 14.3. The van der Waals surface area contributed by atoms with E-state index in [1.165, 1.54) is 28.9 Å². The number of aromatic nitrogens is 4. The Morgan fingerprint density at radius 3 is 2.74 bits per heavy atom. The van der Waals surface area contributed by atoms with Crippen molar-refractivity contribution in [3.63, 3.8) is 0 Å². The van der Waals surface area contributed by atoms with Crippen molar-refractivity contribution >= 4 is 17.2 Å². The van der Waals surface area contributed by atoms with Crippen molar-refractivity contribution in [3.05, 3.63) is 88.7 Å². The van der Waals surface area contributed by atoms with Gasteiger partial charge in [0.15, 0.2) is 0 Å². The number of hydrogen-bond acceptors (Lipinski definition) is 4. The lowest BCUT2D eigenvalue weighted by molar-refractivity contribution is 0.102. The van der Waals surface area contributed by atoms with E-state index < -0.39 is 17.3 Å². The first-order valence-corrected chi connectivity index (χ1v) is 8.12. The summed E-state index contributed by atoms with van der Waals surface area (Å²) in [6.07, 6.45) is 5.97. The first kappa shape index (κ1) is 16.6. The Morgan fingerprint density at radius 2 is 2.00 bits per heavy atom. The predicted octanol–water partition coefficient (Wildman–Crippen LogP) is 2.58. The second kappa shape index (κ2) is 6.49. The summed E-state index contributed by atoms with van der Waals surface area (Å²) >= 11 is 0. The molecule has 4 aromatic rings. The summed E-state index contributed by atoms with van der Waals surface area (Å²) in [6, 6.07) is 9.36. The average molecular weight is 363 g/mol. The van der Waals surface area contributed by atoms with Crippen molar-refractivity contribution in [3.8, 4) is 5.69 Å². The smallest absolute Gasteiger partial charge is 0.270 e. The first-order chi connectivity index (χ1) is 13.0. The largest absolute Gasteiger partial charge is 0.322 e. The number of halogens is 1. The lowest BCUT2D eigenvalue weighted by Gasteiger charge is -2.10. The number of rotatable bonds is 3. The van der Waals surface area contributed by atoms with E-state index in [-0.39, 0.29) is 11.3 Å². The quantitative estimate of drug-likeness (QED) is 0.607. The normalized spacial score (nSPS) is 10.9. The number of pyridine rings is 1. The zero-order chi connectivity index (χ0) is 19.0. The number of anilines is 1. The molecule has 4 rings (SSSR count). The molecule has 0 fully saturated rings. The number of hydrogen-bond donors (Lipinski definition) is 1. The summed E-state index contributed by atoms with van der Waals surface area (Å²) < 4.78 is 17.3. The van der Waals surface area contributed by atoms with E-state index in [1.54, 1.807) is 48.1 Å². The van der Waals surface area contributed by atoms with Crippen molar-refractivity contribution in [2.24, 2.45) is 0 Å². The summed E-state index contributed by atoms with van der Waals surface area (Å²) in [5.74, 6) is -0.542. The predicted molar refractivity (Wildman–Crippen MR) is 97.7 cm³/mol. The number of imidazole rings is 1. The standard InChI is InChI=1S/C19H14FN5O2/c1-12-21-7-9-24(12)16-6-5-13(10-15(16)20)23-18(26)14-11-22-17-4-2-3-8-25(17)19(14)27/h2-11H,1H3,(H,23,26). The van der Waals surface area contributed by atoms with E-state index in [1.807, 2.05) is 0 Å². The second-order valence-corrected chi connectivity index (χ2v) is 5.87. The van der Waals surface area contributed by atoms with Crippen LogP contribution in [0, 0.1) is 12.7 Å². The molecular weight excluding hydrogens is 349 g/mol. The Kier molecular flexibility index (Phi) is 4.00. The van der Waals surface area contributed by atoms with Gasteiger partial charge in [-0.05, 0) is 37.3 Å². The SMILES string of the molecule is Cc1nccn1-c1ccc(NC(=O)c2cnc3ccccn3c2=O)cc1F. The van der Waals surface area contributed by atoms with Crippen LogP contribution in [-0.2, 0) is 0 Å². The first-order valence-electron chi connectivity index (χ1n) is 8.12. The Bertz CT molecular complexity index is 1230. The molecule has 0 aliphatic rings. The van der Waals surface area contributed by atoms with Gasteiger partial charge >= 0.3 is 0 Å². The molecular formula is C19H14FN5O2. The number of carbonyl (C=O) groups excluding carboxylic acids is 1. The Hall–Kier alpha value is -3.81. The minimum Gasteiger partial charge on any atom is -0.322 e. The van der Waals surface area contributed by atoms with Crippen LogP contribution < -0.4 is 10.9 Å². The minimum absolute atomic E-state index is 0.131. The maximum atomic E-state index is 14.5. The zero-order valence-electron chi connectivity index (χ0n) is 14.3. The van der Waals surface area contributed by atoms with E-state index in [9.17, 15) is 14.0 Å². The lowest BCUT2D eigenvalue weighted by Crippen LogP contribution is -2.26. The molecule has 1 N–H and O–H groups in total. The van der Waals surface area contributed by atoms with Gasteiger partial charge in [-0.2, -0.15) is 0 Å². The molecule has 3 heterocycles. The highest BCUT2D eigenvalue weighted by molar-refractivity contribution is 6.04. The van der Waals surface area contributed by atoms with Gasteiger partial charge in [0, 0.05) is 30.5 Å². The molecule has 0 spiro atoms. The van der Waals surface area contributed by atoms with Gasteiger partial charge in [0.05, 0.1) is 5.69 Å². The fraction of sp³-hybridized carbons (Fsp3) is 0.0526. The molecule has 134 valence electrons. The van der Waals surface area contributed by atoms with Crippen molar-refractivity contribution < 1.29 is 9.18 Å². The number of nitrogens with one attached hydrogen (secondary N) is 1. The number of fused-ring (bicyclic) bond motifs is 1. The fourth-order valence-corrected chi connectivity index (χ4v) is 2.79. The maximum absolute atomic E-state index is 14.5. The maximum Gasteiger partial charge on any atom is 0.270 e. The molecule has 1 amide bonds. The Labute approximate surface area is 152 Å². The van der Waals surface area contributed by atoms with Crippen molar-refractivity contribution in [2.45, 2.75) is 6.92 Å². The van der Waals surface area contributed by atoms with Crippen LogP contribution in [0.2, 0.25) is 0 Å². The summed E-state index contributed by atoms with van der Waals surface area (Å²) in [6.45, 7) is 1.76. The highest BCUT2D eigenvalue weighted by atomic mass is 19.1. The second-order valence-electron chi connectivity index (χ2n) is 5.87. The van der Waals surface area contributed by atoms with Gasteiger partial charge in [-0.3, -0.25) is 14.0 Å². The van der Waals surface area contributed by atoms with E-state index in [0.717, 1.165) is 0 Å². The number of nitrogens with zero attached hydrogens (tertiary/aromatic N) is 4. The Balaban J connectivity index is 1.64. The third-order valence-corrected chi connectivity index (χ3v) is 4.15. The Morgan fingerprint density at radius 1 is 1.15 bits per heavy atom. The summed E-state index contributed by atoms with van der Waals surface area (Å²) in [7, 11) is 0. The average Bonchev–Trinajstić information content (AvgIpc) is 3.08. The van der Waals surface area contributed by atoms with Crippen LogP contribution in [0.4, 0.5) is 10.1 Å². The van der Waals surface area contributed by atoms with Crippen LogP contribution >= 0.6 is 0 Å². The number of carbonyl (C=O) groups is 1. The molecule has 0 aliphatic heterocycles. The van der Waals surface area contributed by atoms with E-state index in [0.29, 0.717) is 17.2 Å². The molecule has 0 atom stereocenters. The van der Waals surface area contributed by atoms with Gasteiger partial charge in [0.25, 0.3) is 11.5 Å². The van der Waals surface area contributed by atoms with Crippen LogP contribution in [0.25, 0.3) is 11.3 Å². The van der Waals surface area contributed by atoms with Crippen LogP contribution in [0.5, 0.6) is 0 Å². The highest BCUT2D eigenvalue weighted by Gasteiger charge is 2.15. The van der Waals surface area contributed by atoms with Gasteiger partial charge in [-0.15, -0.1) is 0 Å². The van der Waals surface area contributed by atoms with Crippen molar-refractivity contribution in [2.75, 3.05) is 5.32 Å². The third kappa shape index (κ3) is 2.97. The van der Waals surface area contributed by atoms with Crippen molar-refractivity contribution in [1.82, 2.24) is 18.9 Å². The monoisotopic (exact) mass is 363 g/mol. The number of aryl methyl sites for hydroxylation is 1. The van der Waals surface area contributed by atoms with Gasteiger partial charge < -0.3 is 9.88 Å². The summed E-state index contributed by atoms with van der Waals surface area (Å²) in [5, 5.41) is 2.53. The molecule has 0 unspecified atom stereocenters. The third-order valence-electron chi connectivity index (χ3n) is 4.15. The molecule has 1 aromatic carbocycles. The van der Waals surface area contributed by atoms with Gasteiger partial charge in [-0.25, -0.2) is 14.4 Å². The molecule has 0 saturated carbocycles. The van der Waals surface area contributed by atoms with Crippen LogP contribution in [0.15, 0.2) is 66.0 Å². The van der Waals surface area contributed by atoms with E-state index >= 15 is 0 Å². The van der Waals surface area contributed by atoms with E-state index in [2.05, 4.69) is 15.3 Å². The molecule has 7 nitrogen and oxygen atoms in total. The minimum atomic E-state index is -0.656. The van der Waals surface area contributed by atoms with E-state index in [4.69, 9.17) is 0 Å². The number of benzene rings is 1. The van der Waals surface area contributed by atoms with Gasteiger partial charge in [-0.1, -0.05) is 6.07 Å². The number of amides is 1. The molecule has 27 heavy (non-hydrogen) atoms. The van der Waals surface area contributed by atoms with Crippen molar-refractivity contribution in [1.29, 1.82) is 0 Å². The van der Waals surface area contributed by atoms with Crippen LogP contribution in [0.3, 0.4) is 0 Å². The highest BCUT2D eigenvalue weighted by Crippen LogP contribution is 2.19. The molecule has 3 aromatic heterocycles. The summed E-state index contributed by atoms with van der Waals surface area (Å²) in [4.78, 5) is 33.1. The molecule has 0 aliphatic carbocycles. The van der Waals surface area contributed by atoms with Crippen LogP contribution in [0.1, 0.15) is 16.2 Å². The topological polar surface area (TPSA) is 81.3 Å².